The first-order valence-electron chi connectivity index (χ1n) is 30.6. The third-order valence-corrected chi connectivity index (χ3v) is 17.9. The number of fused-ring (bicyclic) bond motifs is 7. The number of hydrogen-bond acceptors (Lipinski definition) is 4. The van der Waals surface area contributed by atoms with E-state index < -0.39 is 0 Å². The highest BCUT2D eigenvalue weighted by molar-refractivity contribution is 7.00. The molecule has 0 fully saturated rings. The van der Waals surface area contributed by atoms with Gasteiger partial charge in [0.05, 0.1) is 22.4 Å². The maximum atomic E-state index is 5.25. The van der Waals surface area contributed by atoms with E-state index in [9.17, 15) is 0 Å². The standard InChI is InChI=1S/C80H74BN5/c1-77(2,3)56-44-57(78(4,5)6)47-61(46-56)85-71-36-23-20-33-65(71)81-66-34-21-24-37-72(66)86(62-48-58(79(7,8)9)45-59(49-62)80(10,11)12)74-43-55(42-73(85)75(74)81)53-38-39-70-64(41-53)63-32-19-22-35-69(63)84(70)60-31-25-30-54(40-60)76-82-67(51-26-15-13-16-27-51)50-68(83-76)52-28-17-14-18-29-52/h13-50H,1-12H3. The van der Waals surface area contributed by atoms with Crippen molar-refractivity contribution in [3.05, 3.63) is 253 Å². The molecule has 2 aliphatic rings. The first-order chi connectivity index (χ1) is 41.2. The van der Waals surface area contributed by atoms with Crippen LogP contribution < -0.4 is 26.2 Å². The van der Waals surface area contributed by atoms with E-state index in [1.54, 1.807) is 0 Å². The summed E-state index contributed by atoms with van der Waals surface area (Å²) in [5.41, 5.74) is 26.5. The number of aromatic nitrogens is 3. The maximum Gasteiger partial charge on any atom is 0.252 e. The highest BCUT2D eigenvalue weighted by Crippen LogP contribution is 2.49. The molecule has 14 rings (SSSR count). The van der Waals surface area contributed by atoms with Gasteiger partial charge in [0.1, 0.15) is 0 Å². The Bertz CT molecular complexity index is 4370. The molecule has 0 radical (unpaired) electrons. The lowest BCUT2D eigenvalue weighted by Crippen LogP contribution is -2.61. The predicted molar refractivity (Wildman–Crippen MR) is 367 cm³/mol. The van der Waals surface area contributed by atoms with Gasteiger partial charge in [0.15, 0.2) is 5.82 Å². The van der Waals surface area contributed by atoms with E-state index in [0.29, 0.717) is 5.82 Å². The third-order valence-electron chi connectivity index (χ3n) is 17.9. The van der Waals surface area contributed by atoms with Gasteiger partial charge in [-0.05, 0) is 156 Å². The molecule has 0 amide bonds. The van der Waals surface area contributed by atoms with E-state index in [2.05, 4.69) is 316 Å². The minimum atomic E-state index is -0.0866. The van der Waals surface area contributed by atoms with Gasteiger partial charge in [0.2, 0.25) is 0 Å². The second kappa shape index (κ2) is 20.2. The average Bonchev–Trinajstić information content (AvgIpc) is 1.01. The van der Waals surface area contributed by atoms with Crippen LogP contribution in [0.1, 0.15) is 105 Å². The number of para-hydroxylation sites is 3. The van der Waals surface area contributed by atoms with Gasteiger partial charge >= 0.3 is 0 Å². The van der Waals surface area contributed by atoms with Crippen LogP contribution in [0.4, 0.5) is 34.1 Å². The lowest BCUT2D eigenvalue weighted by atomic mass is 9.33. The smallest absolute Gasteiger partial charge is 0.252 e. The van der Waals surface area contributed by atoms with Crippen molar-refractivity contribution in [2.24, 2.45) is 0 Å². The quantitative estimate of drug-likeness (QED) is 0.149. The van der Waals surface area contributed by atoms with Gasteiger partial charge in [0.25, 0.3) is 6.71 Å². The minimum Gasteiger partial charge on any atom is -0.311 e. The molecule has 0 unspecified atom stereocenters. The highest BCUT2D eigenvalue weighted by atomic mass is 15.2. The van der Waals surface area contributed by atoms with Crippen LogP contribution in [-0.2, 0) is 21.7 Å². The van der Waals surface area contributed by atoms with E-state index >= 15 is 0 Å². The van der Waals surface area contributed by atoms with Gasteiger partial charge in [0, 0.05) is 67.3 Å². The lowest BCUT2D eigenvalue weighted by Gasteiger charge is -2.45. The largest absolute Gasteiger partial charge is 0.311 e. The molecular formula is C80H74BN5. The number of hydrogen-bond donors (Lipinski definition) is 0. The van der Waals surface area contributed by atoms with Gasteiger partial charge in [-0.25, -0.2) is 9.97 Å². The Kier molecular flexibility index (Phi) is 12.8. The van der Waals surface area contributed by atoms with Crippen LogP contribution >= 0.6 is 0 Å². The molecule has 0 aliphatic carbocycles. The molecule has 2 aliphatic heterocycles. The van der Waals surface area contributed by atoms with Gasteiger partial charge in [-0.1, -0.05) is 229 Å². The van der Waals surface area contributed by atoms with Crippen LogP contribution in [-0.4, -0.2) is 21.2 Å². The zero-order valence-electron chi connectivity index (χ0n) is 51.8. The zero-order chi connectivity index (χ0) is 59.6. The first-order valence-corrected chi connectivity index (χ1v) is 30.6. The van der Waals surface area contributed by atoms with Crippen molar-refractivity contribution in [3.8, 4) is 50.7 Å². The molecule has 0 atom stereocenters. The summed E-state index contributed by atoms with van der Waals surface area (Å²) < 4.78 is 2.42. The highest BCUT2D eigenvalue weighted by Gasteiger charge is 2.44. The van der Waals surface area contributed by atoms with Crippen molar-refractivity contribution in [3.63, 3.8) is 0 Å². The first kappa shape index (κ1) is 54.7. The summed E-state index contributed by atoms with van der Waals surface area (Å²) in [6.07, 6.45) is 0. The maximum absolute atomic E-state index is 5.25. The van der Waals surface area contributed by atoms with E-state index in [1.165, 1.54) is 83.5 Å². The topological polar surface area (TPSA) is 37.2 Å². The van der Waals surface area contributed by atoms with Gasteiger partial charge < -0.3 is 14.4 Å². The molecule has 0 spiro atoms. The second-order valence-corrected chi connectivity index (χ2v) is 28.0. The molecule has 0 saturated heterocycles. The summed E-state index contributed by atoms with van der Waals surface area (Å²) in [7, 11) is 0. The van der Waals surface area contributed by atoms with Crippen molar-refractivity contribution in [2.75, 3.05) is 9.80 Å². The summed E-state index contributed by atoms with van der Waals surface area (Å²) >= 11 is 0. The zero-order valence-corrected chi connectivity index (χ0v) is 51.8. The monoisotopic (exact) mass is 1120 g/mol. The predicted octanol–water partition coefficient (Wildman–Crippen LogP) is 19.5. The van der Waals surface area contributed by atoms with Crippen molar-refractivity contribution in [1.29, 1.82) is 0 Å². The Labute approximate surface area is 508 Å². The molecular weight excluding hydrogens is 1040 g/mol. The Morgan fingerprint density at radius 2 is 0.744 bits per heavy atom. The van der Waals surface area contributed by atoms with Crippen molar-refractivity contribution >= 4 is 79.0 Å². The van der Waals surface area contributed by atoms with Crippen LogP contribution in [0.2, 0.25) is 0 Å². The normalized spacial score (nSPS) is 13.3. The number of benzene rings is 10. The van der Waals surface area contributed by atoms with E-state index in [-0.39, 0.29) is 28.4 Å². The van der Waals surface area contributed by atoms with Gasteiger partial charge in [-0.3, -0.25) is 0 Å². The molecule has 6 heteroatoms. The van der Waals surface area contributed by atoms with Crippen LogP contribution in [0, 0.1) is 0 Å². The van der Waals surface area contributed by atoms with Crippen LogP contribution in [0.15, 0.2) is 231 Å². The SMILES string of the molecule is CC(C)(C)c1cc(N2c3ccccc3B3c4ccccc4N(c4cc(C(C)(C)C)cc(C(C)(C)C)c4)c4cc(-c5ccc6c(c5)c5ccccc5n6-c5cccc(-c6nc(-c7ccccc7)cc(-c7ccccc7)n6)c5)cc2c43)cc(C(C)(C)C)c1. The fraction of sp³-hybridized carbons (Fsp3) is 0.200. The number of nitrogens with zero attached hydrogens (tertiary/aromatic N) is 5. The summed E-state index contributed by atoms with van der Waals surface area (Å²) in [6.45, 7) is 28.1. The van der Waals surface area contributed by atoms with Crippen molar-refractivity contribution in [2.45, 2.75) is 105 Å². The van der Waals surface area contributed by atoms with Crippen LogP contribution in [0.5, 0.6) is 0 Å². The van der Waals surface area contributed by atoms with Crippen LogP contribution in [0.25, 0.3) is 72.5 Å². The summed E-state index contributed by atoms with van der Waals surface area (Å²) in [5, 5.41) is 2.38. The van der Waals surface area contributed by atoms with Crippen LogP contribution in [0.3, 0.4) is 0 Å². The molecule has 0 saturated carbocycles. The molecule has 10 aromatic carbocycles. The summed E-state index contributed by atoms with van der Waals surface area (Å²) in [5.74, 6) is 0.682. The van der Waals surface area contributed by atoms with Crippen molar-refractivity contribution in [1.82, 2.24) is 14.5 Å². The molecule has 4 heterocycles. The molecule has 0 bridgehead atoms. The average molecular weight is 1120 g/mol. The summed E-state index contributed by atoms with van der Waals surface area (Å²) in [4.78, 5) is 15.7. The summed E-state index contributed by atoms with van der Waals surface area (Å²) in [6, 6.07) is 85.9. The molecule has 12 aromatic rings. The minimum absolute atomic E-state index is 0.0120. The Balaban J connectivity index is 1.01. The second-order valence-electron chi connectivity index (χ2n) is 28.0. The molecule has 2 aromatic heterocycles. The van der Waals surface area contributed by atoms with Crippen molar-refractivity contribution < 1.29 is 0 Å². The number of rotatable bonds is 7. The Morgan fingerprint density at radius 3 is 1.24 bits per heavy atom. The number of anilines is 6. The molecule has 5 nitrogen and oxygen atoms in total. The fourth-order valence-electron chi connectivity index (χ4n) is 13.1. The Hall–Kier alpha value is -9.26. The molecule has 422 valence electrons. The van der Waals surface area contributed by atoms with Gasteiger partial charge in [-0.15, -0.1) is 0 Å². The van der Waals surface area contributed by atoms with E-state index in [1.807, 2.05) is 12.1 Å². The Morgan fingerprint density at radius 1 is 0.302 bits per heavy atom. The fourth-order valence-corrected chi connectivity index (χ4v) is 13.1. The lowest BCUT2D eigenvalue weighted by molar-refractivity contribution is 0.568. The molecule has 86 heavy (non-hydrogen) atoms. The van der Waals surface area contributed by atoms with E-state index in [4.69, 9.17) is 9.97 Å². The van der Waals surface area contributed by atoms with E-state index in [0.717, 1.165) is 55.9 Å². The molecule has 0 N–H and O–H groups in total. The third kappa shape index (κ3) is 9.51. The van der Waals surface area contributed by atoms with Gasteiger partial charge in [-0.2, -0.15) is 0 Å².